The summed E-state index contributed by atoms with van der Waals surface area (Å²) in [5, 5.41) is 0. The highest BCUT2D eigenvalue weighted by atomic mass is 16.2. The molecule has 2 aromatic rings. The lowest BCUT2D eigenvalue weighted by Gasteiger charge is -2.30. The number of hydrogen-bond acceptors (Lipinski definition) is 3. The van der Waals surface area contributed by atoms with Gasteiger partial charge in [-0.25, -0.2) is 0 Å². The number of piperidine rings is 1. The Morgan fingerprint density at radius 2 is 1.69 bits per heavy atom. The molecule has 0 atom stereocenters. The quantitative estimate of drug-likeness (QED) is 0.901. The molecule has 26 heavy (non-hydrogen) atoms. The first-order valence-electron chi connectivity index (χ1n) is 9.13. The summed E-state index contributed by atoms with van der Waals surface area (Å²) in [4.78, 5) is 29.3. The molecule has 0 spiro atoms. The Hall–Kier alpha value is -2.66. The summed E-state index contributed by atoms with van der Waals surface area (Å²) in [5.74, 6) is -0.183. The van der Waals surface area contributed by atoms with Gasteiger partial charge in [-0.3, -0.25) is 14.5 Å². The number of rotatable bonds is 5. The van der Waals surface area contributed by atoms with Gasteiger partial charge >= 0.3 is 0 Å². The van der Waals surface area contributed by atoms with E-state index in [4.69, 9.17) is 5.73 Å². The van der Waals surface area contributed by atoms with E-state index in [0.717, 1.165) is 37.9 Å². The first-order valence-corrected chi connectivity index (χ1v) is 9.13. The van der Waals surface area contributed by atoms with Crippen LogP contribution >= 0.6 is 0 Å². The average molecular weight is 351 g/mol. The Labute approximate surface area is 154 Å². The van der Waals surface area contributed by atoms with Gasteiger partial charge in [0.15, 0.2) is 0 Å². The number of likely N-dealkylation sites (tertiary alicyclic amines) is 1. The average Bonchev–Trinajstić information content (AvgIpc) is 2.72. The molecule has 0 radical (unpaired) electrons. The second-order valence-corrected chi connectivity index (χ2v) is 6.57. The largest absolute Gasteiger partial charge is 0.341 e. The Kier molecular flexibility index (Phi) is 6.02. The third kappa shape index (κ3) is 4.29. The van der Waals surface area contributed by atoms with Gasteiger partial charge in [0, 0.05) is 30.9 Å². The van der Waals surface area contributed by atoms with Crippen LogP contribution in [0, 0.1) is 0 Å². The van der Waals surface area contributed by atoms with E-state index in [-0.39, 0.29) is 18.4 Å². The molecule has 0 bridgehead atoms. The van der Waals surface area contributed by atoms with Crippen LogP contribution in [0.2, 0.25) is 0 Å². The number of nitrogens with two attached hydrogens (primary N) is 1. The Balaban J connectivity index is 1.87. The number of nitrogens with zero attached hydrogens (tertiary/aromatic N) is 2. The van der Waals surface area contributed by atoms with Crippen LogP contribution in [0.15, 0.2) is 54.6 Å². The summed E-state index contributed by atoms with van der Waals surface area (Å²) in [5.41, 5.74) is 7.94. The fourth-order valence-electron chi connectivity index (χ4n) is 3.25. The molecule has 136 valence electrons. The van der Waals surface area contributed by atoms with E-state index >= 15 is 0 Å². The van der Waals surface area contributed by atoms with Crippen LogP contribution in [0.1, 0.15) is 35.2 Å². The molecule has 1 aliphatic rings. The fourth-order valence-corrected chi connectivity index (χ4v) is 3.25. The Bertz CT molecular complexity index is 755. The van der Waals surface area contributed by atoms with Crippen molar-refractivity contribution in [1.82, 2.24) is 4.90 Å². The number of amides is 2. The summed E-state index contributed by atoms with van der Waals surface area (Å²) >= 11 is 0. The van der Waals surface area contributed by atoms with Crippen LogP contribution < -0.4 is 10.6 Å². The van der Waals surface area contributed by atoms with Crippen molar-refractivity contribution >= 4 is 17.5 Å². The van der Waals surface area contributed by atoms with Gasteiger partial charge in [-0.2, -0.15) is 0 Å². The maximum atomic E-state index is 13.1. The van der Waals surface area contributed by atoms with Crippen molar-refractivity contribution in [1.29, 1.82) is 0 Å². The minimum absolute atomic E-state index is 0.00728. The summed E-state index contributed by atoms with van der Waals surface area (Å²) in [6, 6.07) is 16.6. The lowest BCUT2D eigenvalue weighted by atomic mass is 10.1. The molecule has 0 aromatic heterocycles. The molecule has 5 heteroatoms. The van der Waals surface area contributed by atoms with Gasteiger partial charge in [-0.1, -0.05) is 30.3 Å². The van der Waals surface area contributed by atoms with Crippen molar-refractivity contribution in [2.24, 2.45) is 5.73 Å². The lowest BCUT2D eigenvalue weighted by molar-refractivity contribution is -0.130. The van der Waals surface area contributed by atoms with Crippen LogP contribution in [-0.2, 0) is 11.3 Å². The maximum Gasteiger partial charge on any atom is 0.258 e. The first kappa shape index (κ1) is 18.1. The van der Waals surface area contributed by atoms with Crippen molar-refractivity contribution in [3.05, 3.63) is 65.7 Å². The van der Waals surface area contributed by atoms with E-state index in [1.54, 1.807) is 17.0 Å². The van der Waals surface area contributed by atoms with Crippen LogP contribution in [0.5, 0.6) is 0 Å². The van der Waals surface area contributed by atoms with Gasteiger partial charge in [0.05, 0.1) is 0 Å². The first-order chi connectivity index (χ1) is 12.7. The van der Waals surface area contributed by atoms with E-state index < -0.39 is 0 Å². The molecule has 1 heterocycles. The molecule has 2 amide bonds. The predicted octanol–water partition coefficient (Wildman–Crippen LogP) is 2.80. The van der Waals surface area contributed by atoms with Gasteiger partial charge < -0.3 is 10.6 Å². The van der Waals surface area contributed by atoms with Crippen molar-refractivity contribution in [2.45, 2.75) is 25.8 Å². The summed E-state index contributed by atoms with van der Waals surface area (Å²) in [7, 11) is 0. The molecule has 0 aliphatic carbocycles. The third-order valence-electron chi connectivity index (χ3n) is 4.73. The summed E-state index contributed by atoms with van der Waals surface area (Å²) < 4.78 is 0. The topological polar surface area (TPSA) is 66.6 Å². The van der Waals surface area contributed by atoms with Crippen LogP contribution in [-0.4, -0.2) is 36.3 Å². The highest BCUT2D eigenvalue weighted by Gasteiger charge is 2.24. The summed E-state index contributed by atoms with van der Waals surface area (Å²) in [6.45, 7) is 1.98. The monoisotopic (exact) mass is 351 g/mol. The second kappa shape index (κ2) is 8.63. The molecule has 2 aromatic carbocycles. The number of carbonyl (C=O) groups excluding carboxylic acids is 2. The van der Waals surface area contributed by atoms with Crippen molar-refractivity contribution in [3.8, 4) is 0 Å². The third-order valence-corrected chi connectivity index (χ3v) is 4.73. The van der Waals surface area contributed by atoms with Crippen molar-refractivity contribution in [3.63, 3.8) is 0 Å². The Morgan fingerprint density at radius 1 is 0.962 bits per heavy atom. The zero-order chi connectivity index (χ0) is 18.4. The normalized spacial score (nSPS) is 14.1. The van der Waals surface area contributed by atoms with E-state index in [9.17, 15) is 9.59 Å². The summed E-state index contributed by atoms with van der Waals surface area (Å²) in [6.07, 6.45) is 3.22. The molecule has 0 saturated carbocycles. The van der Waals surface area contributed by atoms with Gasteiger partial charge in [0.1, 0.15) is 6.54 Å². The lowest BCUT2D eigenvalue weighted by Crippen LogP contribution is -2.45. The minimum atomic E-state index is -0.176. The van der Waals surface area contributed by atoms with E-state index in [2.05, 4.69) is 0 Å². The SMILES string of the molecule is NCc1cccc(N(CC(=O)N2CCCCC2)C(=O)c2ccccc2)c1. The maximum absolute atomic E-state index is 13.1. The molecule has 1 aliphatic heterocycles. The van der Waals surface area contributed by atoms with Gasteiger partial charge in [0.2, 0.25) is 5.91 Å². The van der Waals surface area contributed by atoms with Crippen molar-refractivity contribution in [2.75, 3.05) is 24.5 Å². The number of hydrogen-bond donors (Lipinski definition) is 1. The van der Waals surface area contributed by atoms with E-state index in [1.165, 1.54) is 0 Å². The molecular formula is C21H25N3O2. The molecule has 1 fully saturated rings. The molecule has 1 saturated heterocycles. The van der Waals surface area contributed by atoms with Crippen LogP contribution in [0.3, 0.4) is 0 Å². The highest BCUT2D eigenvalue weighted by molar-refractivity contribution is 6.08. The van der Waals surface area contributed by atoms with Crippen LogP contribution in [0.25, 0.3) is 0 Å². The minimum Gasteiger partial charge on any atom is -0.341 e. The van der Waals surface area contributed by atoms with Crippen molar-refractivity contribution < 1.29 is 9.59 Å². The molecular weight excluding hydrogens is 326 g/mol. The fraction of sp³-hybridized carbons (Fsp3) is 0.333. The second-order valence-electron chi connectivity index (χ2n) is 6.57. The zero-order valence-corrected chi connectivity index (χ0v) is 14.9. The van der Waals surface area contributed by atoms with E-state index in [1.807, 2.05) is 47.4 Å². The standard InChI is InChI=1S/C21H25N3O2/c22-15-17-8-7-11-19(14-17)24(21(26)18-9-3-1-4-10-18)16-20(25)23-12-5-2-6-13-23/h1,3-4,7-11,14H,2,5-6,12-13,15-16,22H2. The van der Waals surface area contributed by atoms with Gasteiger partial charge in [-0.05, 0) is 49.1 Å². The molecule has 3 rings (SSSR count). The predicted molar refractivity (Wildman–Crippen MR) is 103 cm³/mol. The number of benzene rings is 2. The molecule has 5 nitrogen and oxygen atoms in total. The van der Waals surface area contributed by atoms with Gasteiger partial charge in [0.25, 0.3) is 5.91 Å². The zero-order valence-electron chi connectivity index (χ0n) is 14.9. The number of anilines is 1. The Morgan fingerprint density at radius 3 is 2.38 bits per heavy atom. The van der Waals surface area contributed by atoms with Crippen LogP contribution in [0.4, 0.5) is 5.69 Å². The molecule has 2 N–H and O–H groups in total. The molecule has 0 unspecified atom stereocenters. The highest BCUT2D eigenvalue weighted by Crippen LogP contribution is 2.20. The van der Waals surface area contributed by atoms with E-state index in [0.29, 0.717) is 17.8 Å². The van der Waals surface area contributed by atoms with Gasteiger partial charge in [-0.15, -0.1) is 0 Å². The smallest absolute Gasteiger partial charge is 0.258 e. The number of carbonyl (C=O) groups is 2.